The highest BCUT2D eigenvalue weighted by Crippen LogP contribution is 2.31. The average molecular weight is 557 g/mol. The molecule has 3 N–H and O–H groups in total. The van der Waals surface area contributed by atoms with Gasteiger partial charge in [0.15, 0.2) is 15.0 Å². The molecule has 1 aliphatic heterocycles. The maximum Gasteiger partial charge on any atom is 0.243 e. The summed E-state index contributed by atoms with van der Waals surface area (Å²) in [6, 6.07) is 8.00. The van der Waals surface area contributed by atoms with Crippen molar-refractivity contribution in [2.45, 2.75) is 28.7 Å². The monoisotopic (exact) mass is 556 g/mol. The number of sulfonamides is 1. The average Bonchev–Trinajstić information content (AvgIpc) is 3.18. The van der Waals surface area contributed by atoms with Crippen LogP contribution in [0.2, 0.25) is 0 Å². The first kappa shape index (κ1) is 26.1. The third-order valence-corrected chi connectivity index (χ3v) is 9.76. The quantitative estimate of drug-likeness (QED) is 0.424. The number of anilines is 2. The van der Waals surface area contributed by atoms with Crippen molar-refractivity contribution in [1.29, 1.82) is 0 Å². The predicted octanol–water partition coefficient (Wildman–Crippen LogP) is 2.90. The van der Waals surface area contributed by atoms with Gasteiger partial charge in [-0.05, 0) is 49.2 Å². The van der Waals surface area contributed by atoms with Crippen molar-refractivity contribution >= 4 is 47.9 Å². The van der Waals surface area contributed by atoms with E-state index < -0.39 is 42.8 Å². The van der Waals surface area contributed by atoms with Crippen molar-refractivity contribution in [3.8, 4) is 0 Å². The van der Waals surface area contributed by atoms with E-state index in [1.54, 1.807) is 0 Å². The number of aromatic nitrogens is 1. The maximum absolute atomic E-state index is 14.0. The highest BCUT2D eigenvalue weighted by Gasteiger charge is 2.31. The summed E-state index contributed by atoms with van der Waals surface area (Å²) in [5.74, 6) is -3.06. The van der Waals surface area contributed by atoms with Gasteiger partial charge in [0, 0.05) is 25.4 Å². The molecule has 0 amide bonds. The Kier molecular flexibility index (Phi) is 7.14. The molecule has 0 bridgehead atoms. The molecular weight excluding hydrogens is 534 g/mol. The topological polar surface area (TPSA) is 140 Å². The Bertz CT molecular complexity index is 1500. The van der Waals surface area contributed by atoms with Crippen LogP contribution in [0.4, 0.5) is 19.7 Å². The number of thiazole rings is 1. The lowest BCUT2D eigenvalue weighted by Gasteiger charge is -2.31. The second kappa shape index (κ2) is 9.84. The van der Waals surface area contributed by atoms with E-state index in [0.29, 0.717) is 12.8 Å². The minimum Gasteiger partial charge on any atom is -0.382 e. The highest BCUT2D eigenvalue weighted by molar-refractivity contribution is 7.90. The fraction of sp³-hybridized carbons (Fsp3) is 0.273. The van der Waals surface area contributed by atoms with Gasteiger partial charge in [-0.2, -0.15) is 4.31 Å². The van der Waals surface area contributed by atoms with E-state index in [1.165, 1.54) is 28.6 Å². The molecule has 14 heteroatoms. The molecule has 0 spiro atoms. The first-order valence-electron chi connectivity index (χ1n) is 10.7. The van der Waals surface area contributed by atoms with Crippen molar-refractivity contribution in [2.24, 2.45) is 0 Å². The van der Waals surface area contributed by atoms with Crippen molar-refractivity contribution in [3.05, 3.63) is 64.5 Å². The molecule has 0 radical (unpaired) electrons. The molecule has 3 aromatic rings. The van der Waals surface area contributed by atoms with Crippen LogP contribution in [0.5, 0.6) is 0 Å². The van der Waals surface area contributed by atoms with Crippen LogP contribution < -0.4 is 11.1 Å². The molecular formula is C22H22F2N4O5S3. The van der Waals surface area contributed by atoms with E-state index >= 15 is 0 Å². The van der Waals surface area contributed by atoms with E-state index in [2.05, 4.69) is 10.3 Å². The predicted molar refractivity (Wildman–Crippen MR) is 131 cm³/mol. The van der Waals surface area contributed by atoms with Crippen molar-refractivity contribution in [1.82, 2.24) is 9.29 Å². The highest BCUT2D eigenvalue weighted by atomic mass is 32.2. The Morgan fingerprint density at radius 1 is 1.03 bits per heavy atom. The number of ketones is 1. The minimum absolute atomic E-state index is 0.00228. The Balaban J connectivity index is 1.42. The van der Waals surface area contributed by atoms with Gasteiger partial charge in [-0.3, -0.25) is 4.79 Å². The molecule has 0 unspecified atom stereocenters. The van der Waals surface area contributed by atoms with Crippen LogP contribution in [0.25, 0.3) is 0 Å². The van der Waals surface area contributed by atoms with Crippen LogP contribution in [0.3, 0.4) is 0 Å². The fourth-order valence-corrected chi connectivity index (χ4v) is 6.82. The second-order valence-corrected chi connectivity index (χ2v) is 13.2. The molecule has 2 heterocycles. The van der Waals surface area contributed by atoms with Crippen LogP contribution in [-0.4, -0.2) is 57.3 Å². The van der Waals surface area contributed by atoms with Crippen LogP contribution in [0.1, 0.15) is 28.1 Å². The van der Waals surface area contributed by atoms with Gasteiger partial charge in [-0.25, -0.2) is 30.6 Å². The molecule has 4 rings (SSSR count). The van der Waals surface area contributed by atoms with Gasteiger partial charge < -0.3 is 11.1 Å². The van der Waals surface area contributed by atoms with E-state index in [4.69, 9.17) is 5.73 Å². The number of hydrogen-bond acceptors (Lipinski definition) is 9. The summed E-state index contributed by atoms with van der Waals surface area (Å²) in [7, 11) is -7.25. The lowest BCUT2D eigenvalue weighted by Crippen LogP contribution is -2.42. The number of sulfone groups is 1. The molecule has 0 atom stereocenters. The first-order chi connectivity index (χ1) is 16.9. The molecule has 9 nitrogen and oxygen atoms in total. The van der Waals surface area contributed by atoms with Crippen LogP contribution in [-0.2, 0) is 19.9 Å². The summed E-state index contributed by atoms with van der Waals surface area (Å²) in [6.45, 7) is 0.391. The number of hydrogen-bond donors (Lipinski definition) is 2. The molecule has 1 aliphatic rings. The Labute approximate surface area is 210 Å². The van der Waals surface area contributed by atoms with Crippen molar-refractivity contribution < 1.29 is 30.4 Å². The first-order valence-corrected chi connectivity index (χ1v) is 14.8. The van der Waals surface area contributed by atoms with Gasteiger partial charge in [0.1, 0.15) is 22.3 Å². The van der Waals surface area contributed by atoms with Gasteiger partial charge in [0.05, 0.1) is 15.4 Å². The van der Waals surface area contributed by atoms with Gasteiger partial charge in [-0.15, -0.1) is 0 Å². The zero-order chi connectivity index (χ0) is 26.3. The number of halogens is 2. The molecule has 0 saturated carbocycles. The zero-order valence-electron chi connectivity index (χ0n) is 18.9. The Morgan fingerprint density at radius 3 is 2.14 bits per heavy atom. The van der Waals surface area contributed by atoms with Gasteiger partial charge in [0.25, 0.3) is 0 Å². The van der Waals surface area contributed by atoms with Crippen molar-refractivity contribution in [2.75, 3.05) is 30.4 Å². The summed E-state index contributed by atoms with van der Waals surface area (Å²) in [5.41, 5.74) is 5.13. The van der Waals surface area contributed by atoms with E-state index in [9.17, 15) is 30.4 Å². The molecule has 192 valence electrons. The molecule has 1 aromatic heterocycles. The minimum atomic E-state index is -3.81. The number of nitrogen functional groups attached to an aromatic ring is 1. The number of nitrogens with one attached hydrogen (secondary N) is 1. The number of carbonyl (C=O) groups is 1. The summed E-state index contributed by atoms with van der Waals surface area (Å²) in [4.78, 5) is 16.7. The van der Waals surface area contributed by atoms with Crippen LogP contribution in [0, 0.1) is 11.6 Å². The number of piperidine rings is 1. The summed E-state index contributed by atoms with van der Waals surface area (Å²) >= 11 is 0.869. The summed E-state index contributed by atoms with van der Waals surface area (Å²) < 4.78 is 78.5. The van der Waals surface area contributed by atoms with Gasteiger partial charge >= 0.3 is 0 Å². The summed E-state index contributed by atoms with van der Waals surface area (Å²) in [6.07, 6.45) is 1.89. The van der Waals surface area contributed by atoms with Gasteiger partial charge in [-0.1, -0.05) is 17.4 Å². The number of nitrogens with two attached hydrogens (primary N) is 1. The van der Waals surface area contributed by atoms with E-state index in [-0.39, 0.29) is 44.7 Å². The SMILES string of the molecule is CS(=O)(=O)c1ccc(S(=O)(=O)N2CCC(Nc3nc(N)c(C(=O)c4c(F)cccc4F)s3)CC2)cc1. The molecule has 36 heavy (non-hydrogen) atoms. The largest absolute Gasteiger partial charge is 0.382 e. The third-order valence-electron chi connectivity index (χ3n) is 5.72. The molecule has 2 aromatic carbocycles. The third kappa shape index (κ3) is 5.26. The van der Waals surface area contributed by atoms with Crippen LogP contribution >= 0.6 is 11.3 Å². The smallest absolute Gasteiger partial charge is 0.243 e. The Morgan fingerprint density at radius 2 is 1.58 bits per heavy atom. The van der Waals surface area contributed by atoms with Gasteiger partial charge in [0.2, 0.25) is 15.8 Å². The standard InChI is InChI=1S/C22H22F2N4O5S3/c1-35(30,31)14-5-7-15(8-6-14)36(32,33)28-11-9-13(10-12-28)26-22-27-21(25)20(34-22)19(29)18-16(23)3-2-4-17(18)24/h2-8,13H,9-12,25H2,1H3,(H,26,27). The normalized spacial score (nSPS) is 15.6. The number of benzene rings is 2. The molecule has 1 fully saturated rings. The number of carbonyl (C=O) groups excluding carboxylic acids is 1. The molecule has 1 saturated heterocycles. The zero-order valence-corrected chi connectivity index (χ0v) is 21.4. The number of rotatable bonds is 7. The molecule has 0 aliphatic carbocycles. The lowest BCUT2D eigenvalue weighted by atomic mass is 10.1. The van der Waals surface area contributed by atoms with Crippen molar-refractivity contribution in [3.63, 3.8) is 0 Å². The lowest BCUT2D eigenvalue weighted by molar-refractivity contribution is 0.103. The maximum atomic E-state index is 14.0. The summed E-state index contributed by atoms with van der Waals surface area (Å²) in [5, 5.41) is 3.40. The number of nitrogens with zero attached hydrogens (tertiary/aromatic N) is 2. The van der Waals surface area contributed by atoms with Crippen LogP contribution in [0.15, 0.2) is 52.3 Å². The van der Waals surface area contributed by atoms with E-state index in [0.717, 1.165) is 35.8 Å². The van der Waals surface area contributed by atoms with E-state index in [1.807, 2.05) is 0 Å². The fourth-order valence-electron chi connectivity index (χ4n) is 3.81. The Hall–Kier alpha value is -2.94. The second-order valence-electron chi connectivity index (χ2n) is 8.23.